The van der Waals surface area contributed by atoms with Gasteiger partial charge in [0, 0.05) is 49.3 Å². The van der Waals surface area contributed by atoms with Crippen molar-refractivity contribution in [3.63, 3.8) is 0 Å². The van der Waals surface area contributed by atoms with Crippen molar-refractivity contribution in [2.45, 2.75) is 53.4 Å². The first-order valence-corrected chi connectivity index (χ1v) is 8.79. The van der Waals surface area contributed by atoms with Crippen molar-refractivity contribution >= 4 is 11.7 Å². The average Bonchev–Trinajstić information content (AvgIpc) is 2.53. The van der Waals surface area contributed by atoms with Crippen molar-refractivity contribution in [3.8, 4) is 0 Å². The van der Waals surface area contributed by atoms with E-state index in [2.05, 4.69) is 30.7 Å². The van der Waals surface area contributed by atoms with E-state index in [4.69, 9.17) is 4.98 Å². The van der Waals surface area contributed by atoms with Crippen LogP contribution in [0, 0.1) is 26.2 Å². The van der Waals surface area contributed by atoms with Crippen LogP contribution in [0.1, 0.15) is 49.7 Å². The van der Waals surface area contributed by atoms with Crippen molar-refractivity contribution in [3.05, 3.63) is 17.1 Å². The van der Waals surface area contributed by atoms with Crippen molar-refractivity contribution in [2.24, 2.45) is 5.41 Å². The van der Waals surface area contributed by atoms with Crippen LogP contribution in [0.5, 0.6) is 0 Å². The molecule has 3 heterocycles. The second kappa shape index (κ2) is 6.10. The smallest absolute Gasteiger partial charge is 0.222 e. The Morgan fingerprint density at radius 1 is 1.13 bits per heavy atom. The van der Waals surface area contributed by atoms with Crippen LogP contribution in [0.25, 0.3) is 0 Å². The Kier molecular flexibility index (Phi) is 4.30. The summed E-state index contributed by atoms with van der Waals surface area (Å²) < 4.78 is 0. The van der Waals surface area contributed by atoms with Crippen molar-refractivity contribution in [1.82, 2.24) is 14.9 Å². The van der Waals surface area contributed by atoms with E-state index in [1.165, 1.54) is 18.4 Å². The van der Waals surface area contributed by atoms with Gasteiger partial charge in [-0.25, -0.2) is 9.97 Å². The molecule has 2 aliphatic rings. The first-order valence-electron chi connectivity index (χ1n) is 8.79. The molecule has 126 valence electrons. The van der Waals surface area contributed by atoms with E-state index in [0.717, 1.165) is 49.9 Å². The lowest BCUT2D eigenvalue weighted by molar-refractivity contribution is -0.137. The highest BCUT2D eigenvalue weighted by Gasteiger charge is 2.41. The predicted octanol–water partition coefficient (Wildman–Crippen LogP) is 2.63. The van der Waals surface area contributed by atoms with Crippen LogP contribution < -0.4 is 4.90 Å². The molecule has 1 atom stereocenters. The first kappa shape index (κ1) is 16.2. The molecule has 2 fully saturated rings. The second-order valence-electron chi connectivity index (χ2n) is 7.24. The molecule has 23 heavy (non-hydrogen) atoms. The molecule has 1 unspecified atom stereocenters. The van der Waals surface area contributed by atoms with E-state index in [9.17, 15) is 4.79 Å². The number of aryl methyl sites for hydroxylation is 2. The first-order chi connectivity index (χ1) is 10.9. The van der Waals surface area contributed by atoms with E-state index in [-0.39, 0.29) is 5.41 Å². The second-order valence-corrected chi connectivity index (χ2v) is 7.24. The summed E-state index contributed by atoms with van der Waals surface area (Å²) in [7, 11) is 0. The molecule has 0 aliphatic carbocycles. The van der Waals surface area contributed by atoms with Gasteiger partial charge in [0.1, 0.15) is 11.6 Å². The molecular weight excluding hydrogens is 288 g/mol. The van der Waals surface area contributed by atoms with Gasteiger partial charge in [0.15, 0.2) is 0 Å². The quantitative estimate of drug-likeness (QED) is 0.841. The summed E-state index contributed by atoms with van der Waals surface area (Å²) in [6.07, 6.45) is 4.10. The van der Waals surface area contributed by atoms with Crippen LogP contribution in [0.2, 0.25) is 0 Å². The molecule has 0 saturated carbocycles. The van der Waals surface area contributed by atoms with Crippen LogP contribution in [0.3, 0.4) is 0 Å². The normalized spacial score (nSPS) is 25.3. The molecule has 1 spiro atoms. The molecule has 5 nitrogen and oxygen atoms in total. The van der Waals surface area contributed by atoms with E-state index < -0.39 is 0 Å². The number of rotatable bonds is 2. The lowest BCUT2D eigenvalue weighted by atomic mass is 9.73. The number of hydrogen-bond donors (Lipinski definition) is 0. The molecule has 3 rings (SSSR count). The molecule has 5 heteroatoms. The van der Waals surface area contributed by atoms with Gasteiger partial charge in [-0.15, -0.1) is 0 Å². The van der Waals surface area contributed by atoms with Crippen LogP contribution in [0.15, 0.2) is 0 Å². The lowest BCUT2D eigenvalue weighted by Crippen LogP contribution is -2.54. The van der Waals surface area contributed by atoms with Gasteiger partial charge in [0.2, 0.25) is 5.91 Å². The molecule has 0 radical (unpaired) electrons. The minimum atomic E-state index is 0.237. The summed E-state index contributed by atoms with van der Waals surface area (Å²) in [5.41, 5.74) is 2.49. The zero-order chi connectivity index (χ0) is 16.6. The molecule has 2 saturated heterocycles. The van der Waals surface area contributed by atoms with Crippen LogP contribution >= 0.6 is 0 Å². The summed E-state index contributed by atoms with van der Waals surface area (Å²) >= 11 is 0. The number of anilines is 1. The number of carbonyl (C=O) groups excluding carboxylic acids is 1. The fourth-order valence-corrected chi connectivity index (χ4v) is 4.17. The molecule has 1 aromatic heterocycles. The standard InChI is InChI=1S/C18H28N4O/c1-5-21-11-18(9-7-16(21)23)8-6-10-22(12-18)17-13(2)14(3)19-15(4)20-17/h5-12H2,1-4H3. The van der Waals surface area contributed by atoms with E-state index in [1.807, 2.05) is 11.8 Å². The maximum Gasteiger partial charge on any atom is 0.222 e. The highest BCUT2D eigenvalue weighted by Crippen LogP contribution is 2.40. The highest BCUT2D eigenvalue weighted by molar-refractivity contribution is 5.77. The number of aromatic nitrogens is 2. The van der Waals surface area contributed by atoms with Gasteiger partial charge in [-0.1, -0.05) is 0 Å². The van der Waals surface area contributed by atoms with Gasteiger partial charge < -0.3 is 9.80 Å². The number of hydrogen-bond acceptors (Lipinski definition) is 4. The third kappa shape index (κ3) is 3.06. The van der Waals surface area contributed by atoms with Gasteiger partial charge in [-0.2, -0.15) is 0 Å². The summed E-state index contributed by atoms with van der Waals surface area (Å²) in [5.74, 6) is 2.26. The van der Waals surface area contributed by atoms with E-state index >= 15 is 0 Å². The van der Waals surface area contributed by atoms with E-state index in [0.29, 0.717) is 12.3 Å². The Hall–Kier alpha value is -1.65. The Bertz CT molecular complexity index is 615. The number of carbonyl (C=O) groups is 1. The van der Waals surface area contributed by atoms with Crippen molar-refractivity contribution < 1.29 is 4.79 Å². The van der Waals surface area contributed by atoms with E-state index in [1.54, 1.807) is 0 Å². The molecule has 0 bridgehead atoms. The third-order valence-corrected chi connectivity index (χ3v) is 5.57. The number of likely N-dealkylation sites (tertiary alicyclic amines) is 1. The summed E-state index contributed by atoms with van der Waals surface area (Å²) in [6.45, 7) is 12.0. The predicted molar refractivity (Wildman–Crippen MR) is 91.6 cm³/mol. The van der Waals surface area contributed by atoms with Crippen molar-refractivity contribution in [1.29, 1.82) is 0 Å². The van der Waals surface area contributed by atoms with Crippen molar-refractivity contribution in [2.75, 3.05) is 31.1 Å². The highest BCUT2D eigenvalue weighted by atomic mass is 16.2. The molecule has 0 N–H and O–H groups in total. The SMILES string of the molecule is CCN1CC2(CCCN(c3nc(C)nc(C)c3C)C2)CCC1=O. The summed E-state index contributed by atoms with van der Waals surface area (Å²) in [4.78, 5) is 25.7. The Labute approximate surface area is 139 Å². The molecule has 1 amide bonds. The van der Waals surface area contributed by atoms with Crippen LogP contribution in [0.4, 0.5) is 5.82 Å². The fourth-order valence-electron chi connectivity index (χ4n) is 4.17. The molecular formula is C18H28N4O. The number of amides is 1. The average molecular weight is 316 g/mol. The summed E-state index contributed by atoms with van der Waals surface area (Å²) in [6, 6.07) is 0. The van der Waals surface area contributed by atoms with Gasteiger partial charge in [-0.05, 0) is 47.0 Å². The topological polar surface area (TPSA) is 49.3 Å². The maximum absolute atomic E-state index is 12.0. The maximum atomic E-state index is 12.0. The molecule has 2 aliphatic heterocycles. The Morgan fingerprint density at radius 3 is 2.65 bits per heavy atom. The fraction of sp³-hybridized carbons (Fsp3) is 0.722. The minimum Gasteiger partial charge on any atom is -0.356 e. The third-order valence-electron chi connectivity index (χ3n) is 5.57. The Morgan fingerprint density at radius 2 is 1.91 bits per heavy atom. The Balaban J connectivity index is 1.85. The van der Waals surface area contributed by atoms with Crippen LogP contribution in [-0.2, 0) is 4.79 Å². The van der Waals surface area contributed by atoms with Gasteiger partial charge in [0.25, 0.3) is 0 Å². The zero-order valence-corrected chi connectivity index (χ0v) is 14.9. The van der Waals surface area contributed by atoms with Gasteiger partial charge in [-0.3, -0.25) is 4.79 Å². The molecule has 0 aromatic carbocycles. The van der Waals surface area contributed by atoms with Gasteiger partial charge >= 0.3 is 0 Å². The van der Waals surface area contributed by atoms with Crippen LogP contribution in [-0.4, -0.2) is 47.0 Å². The lowest BCUT2D eigenvalue weighted by Gasteiger charge is -2.48. The number of piperidine rings is 2. The zero-order valence-electron chi connectivity index (χ0n) is 14.9. The largest absolute Gasteiger partial charge is 0.356 e. The summed E-state index contributed by atoms with van der Waals surface area (Å²) in [5, 5.41) is 0. The molecule has 1 aromatic rings. The minimum absolute atomic E-state index is 0.237. The monoisotopic (exact) mass is 316 g/mol. The number of nitrogens with zero attached hydrogens (tertiary/aromatic N) is 4. The van der Waals surface area contributed by atoms with Gasteiger partial charge in [0.05, 0.1) is 0 Å².